The molecule has 198 valence electrons. The Hall–Kier alpha value is -3.36. The van der Waals surface area contributed by atoms with Crippen LogP contribution < -0.4 is 9.47 Å². The van der Waals surface area contributed by atoms with Crippen molar-refractivity contribution in [3.63, 3.8) is 0 Å². The van der Waals surface area contributed by atoms with Crippen LogP contribution in [0.4, 0.5) is 0 Å². The predicted molar refractivity (Wildman–Crippen MR) is 147 cm³/mol. The smallest absolute Gasteiger partial charge is 0.254 e. The van der Waals surface area contributed by atoms with Gasteiger partial charge in [0.1, 0.15) is 0 Å². The maximum Gasteiger partial charge on any atom is 0.254 e. The third kappa shape index (κ3) is 4.56. The van der Waals surface area contributed by atoms with Crippen molar-refractivity contribution in [3.8, 4) is 11.5 Å². The first kappa shape index (κ1) is 24.9. The van der Waals surface area contributed by atoms with E-state index in [1.54, 1.807) is 18.2 Å². The van der Waals surface area contributed by atoms with Gasteiger partial charge in [0.05, 0.1) is 12.1 Å². The van der Waals surface area contributed by atoms with Crippen molar-refractivity contribution in [1.29, 1.82) is 0 Å². The quantitative estimate of drug-likeness (QED) is 0.496. The monoisotopic (exact) mass is 531 g/mol. The van der Waals surface area contributed by atoms with E-state index in [2.05, 4.69) is 47.5 Å². The molecule has 1 aromatic heterocycles. The molecule has 8 heteroatoms. The van der Waals surface area contributed by atoms with E-state index in [9.17, 15) is 9.59 Å². The number of benzene rings is 2. The lowest BCUT2D eigenvalue weighted by atomic mass is 9.89. The fraction of sp³-hybridized carbons (Fsp3) is 0.400. The van der Waals surface area contributed by atoms with Crippen molar-refractivity contribution < 1.29 is 19.1 Å². The molecule has 2 amide bonds. The van der Waals surface area contributed by atoms with Crippen molar-refractivity contribution >= 4 is 23.2 Å². The molecule has 3 aliphatic rings. The Morgan fingerprint density at radius 1 is 0.921 bits per heavy atom. The minimum absolute atomic E-state index is 0.0359. The van der Waals surface area contributed by atoms with Crippen LogP contribution in [0.15, 0.2) is 53.9 Å². The van der Waals surface area contributed by atoms with Crippen LogP contribution in [0.2, 0.25) is 0 Å². The number of hydrogen-bond acceptors (Lipinski definition) is 6. The average molecular weight is 532 g/mol. The number of thiophene rings is 1. The van der Waals surface area contributed by atoms with Gasteiger partial charge in [-0.05, 0) is 73.0 Å². The molecule has 2 atom stereocenters. The van der Waals surface area contributed by atoms with Gasteiger partial charge in [-0.2, -0.15) is 0 Å². The Labute approximate surface area is 227 Å². The predicted octanol–water partition coefficient (Wildman–Crippen LogP) is 4.50. The summed E-state index contributed by atoms with van der Waals surface area (Å²) < 4.78 is 10.8. The van der Waals surface area contributed by atoms with Crippen LogP contribution in [-0.2, 0) is 11.2 Å². The van der Waals surface area contributed by atoms with Crippen LogP contribution in [0.5, 0.6) is 11.5 Å². The van der Waals surface area contributed by atoms with Gasteiger partial charge >= 0.3 is 0 Å². The molecule has 1 fully saturated rings. The number of ether oxygens (including phenoxy) is 2. The summed E-state index contributed by atoms with van der Waals surface area (Å²) in [5.74, 6) is 1.38. The molecule has 0 radical (unpaired) electrons. The molecule has 0 spiro atoms. The number of carbonyl (C=O) groups is 2. The summed E-state index contributed by atoms with van der Waals surface area (Å²) >= 11 is 1.82. The lowest BCUT2D eigenvalue weighted by molar-refractivity contribution is -0.137. The number of aryl methyl sites for hydroxylation is 1. The fourth-order valence-electron chi connectivity index (χ4n) is 5.95. The summed E-state index contributed by atoms with van der Waals surface area (Å²) in [6.07, 6.45) is 1.72. The van der Waals surface area contributed by atoms with E-state index in [0.29, 0.717) is 43.2 Å². The third-order valence-corrected chi connectivity index (χ3v) is 9.05. The largest absolute Gasteiger partial charge is 0.454 e. The normalized spacial score (nSPS) is 20.1. The van der Waals surface area contributed by atoms with Crippen molar-refractivity contribution in [2.75, 3.05) is 39.5 Å². The number of fused-ring (bicyclic) bond motifs is 2. The topological polar surface area (TPSA) is 62.3 Å². The highest BCUT2D eigenvalue weighted by Crippen LogP contribution is 2.40. The summed E-state index contributed by atoms with van der Waals surface area (Å²) in [5, 5.41) is 2.17. The Bertz CT molecular complexity index is 1350. The summed E-state index contributed by atoms with van der Waals surface area (Å²) in [4.78, 5) is 34.7. The first-order valence-corrected chi connectivity index (χ1v) is 14.2. The first-order chi connectivity index (χ1) is 18.5. The molecule has 2 aromatic carbocycles. The van der Waals surface area contributed by atoms with E-state index in [1.807, 2.05) is 28.1 Å². The molecule has 3 aliphatic heterocycles. The zero-order chi connectivity index (χ0) is 26.2. The maximum atomic E-state index is 13.9. The van der Waals surface area contributed by atoms with E-state index < -0.39 is 0 Å². The van der Waals surface area contributed by atoms with E-state index in [4.69, 9.17) is 9.47 Å². The van der Waals surface area contributed by atoms with Gasteiger partial charge in [0, 0.05) is 43.2 Å². The average Bonchev–Trinajstić information content (AvgIpc) is 3.55. The number of amides is 2. The Morgan fingerprint density at radius 2 is 1.71 bits per heavy atom. The van der Waals surface area contributed by atoms with Gasteiger partial charge in [0.25, 0.3) is 5.91 Å². The highest BCUT2D eigenvalue weighted by atomic mass is 32.1. The van der Waals surface area contributed by atoms with Crippen LogP contribution in [0.3, 0.4) is 0 Å². The fourth-order valence-corrected chi connectivity index (χ4v) is 6.86. The molecule has 1 saturated heterocycles. The zero-order valence-electron chi connectivity index (χ0n) is 21.9. The summed E-state index contributed by atoms with van der Waals surface area (Å²) in [6.45, 7) is 7.56. The number of rotatable bonds is 4. The number of hydrogen-bond donors (Lipinski definition) is 0. The second-order valence-corrected chi connectivity index (χ2v) is 11.3. The lowest BCUT2D eigenvalue weighted by Crippen LogP contribution is -2.51. The summed E-state index contributed by atoms with van der Waals surface area (Å²) in [5.41, 5.74) is 4.42. The van der Waals surface area contributed by atoms with Gasteiger partial charge in [-0.3, -0.25) is 14.5 Å². The molecule has 38 heavy (non-hydrogen) atoms. The SMILES string of the molecule is Cc1ccccc1[C@@H]1c2ccsc2CCN1[C@H](C)C(=O)N1CCCN(C(=O)c2ccc3c(c2)OCO3)CC1. The second kappa shape index (κ2) is 10.4. The van der Waals surface area contributed by atoms with Crippen LogP contribution in [0, 0.1) is 6.92 Å². The zero-order valence-corrected chi connectivity index (χ0v) is 22.7. The van der Waals surface area contributed by atoms with Crippen molar-refractivity contribution in [1.82, 2.24) is 14.7 Å². The molecule has 0 saturated carbocycles. The molecule has 0 unspecified atom stereocenters. The third-order valence-electron chi connectivity index (χ3n) is 8.06. The Kier molecular flexibility index (Phi) is 6.84. The molecule has 4 heterocycles. The highest BCUT2D eigenvalue weighted by Gasteiger charge is 2.37. The van der Waals surface area contributed by atoms with Crippen LogP contribution in [0.1, 0.15) is 51.3 Å². The minimum atomic E-state index is -0.260. The Morgan fingerprint density at radius 3 is 2.58 bits per heavy atom. The maximum absolute atomic E-state index is 13.9. The molecule has 0 aliphatic carbocycles. The molecular weight excluding hydrogens is 498 g/mol. The molecular formula is C30H33N3O4S. The second-order valence-electron chi connectivity index (χ2n) is 10.3. The minimum Gasteiger partial charge on any atom is -0.454 e. The van der Waals surface area contributed by atoms with Gasteiger partial charge < -0.3 is 19.3 Å². The Balaban J connectivity index is 1.17. The van der Waals surface area contributed by atoms with Gasteiger partial charge in [-0.1, -0.05) is 24.3 Å². The van der Waals surface area contributed by atoms with Crippen molar-refractivity contribution in [3.05, 3.63) is 81.0 Å². The summed E-state index contributed by atoms with van der Waals surface area (Å²) in [7, 11) is 0. The van der Waals surface area contributed by atoms with Crippen LogP contribution in [0.25, 0.3) is 0 Å². The van der Waals surface area contributed by atoms with Gasteiger partial charge in [0.15, 0.2) is 11.5 Å². The molecule has 6 rings (SSSR count). The van der Waals surface area contributed by atoms with Crippen molar-refractivity contribution in [2.45, 2.75) is 38.8 Å². The lowest BCUT2D eigenvalue weighted by Gasteiger charge is -2.41. The van der Waals surface area contributed by atoms with E-state index in [1.165, 1.54) is 21.6 Å². The molecule has 0 N–H and O–H groups in total. The molecule has 7 nitrogen and oxygen atoms in total. The summed E-state index contributed by atoms with van der Waals surface area (Å²) in [6, 6.07) is 15.9. The first-order valence-electron chi connectivity index (χ1n) is 13.4. The van der Waals surface area contributed by atoms with Gasteiger partial charge in [0.2, 0.25) is 12.7 Å². The molecule has 3 aromatic rings. The van der Waals surface area contributed by atoms with Crippen LogP contribution in [-0.4, -0.2) is 72.1 Å². The van der Waals surface area contributed by atoms with Crippen molar-refractivity contribution in [2.24, 2.45) is 0 Å². The van der Waals surface area contributed by atoms with Gasteiger partial charge in [-0.15, -0.1) is 11.3 Å². The van der Waals surface area contributed by atoms with E-state index in [-0.39, 0.29) is 30.7 Å². The van der Waals surface area contributed by atoms with Gasteiger partial charge in [-0.25, -0.2) is 0 Å². The number of nitrogens with zero attached hydrogens (tertiary/aromatic N) is 3. The number of carbonyl (C=O) groups excluding carboxylic acids is 2. The van der Waals surface area contributed by atoms with Crippen LogP contribution >= 0.6 is 11.3 Å². The van der Waals surface area contributed by atoms with E-state index in [0.717, 1.165) is 19.4 Å². The van der Waals surface area contributed by atoms with E-state index >= 15 is 0 Å². The standard InChI is InChI=1S/C30H33N3O4S/c1-20-6-3-4-7-23(20)28-24-11-17-38-27(24)10-14-33(28)21(2)29(34)31-12-5-13-32(16-15-31)30(35)22-8-9-25-26(18-22)37-19-36-25/h3-4,6-9,11,17-18,21,28H,5,10,12-16,19H2,1-2H3/t21-,28-/m1/s1. The molecule has 0 bridgehead atoms. The highest BCUT2D eigenvalue weighted by molar-refractivity contribution is 7.10.